The molecule has 1 amide bonds. The third-order valence-electron chi connectivity index (χ3n) is 4.10. The van der Waals surface area contributed by atoms with Crippen LogP contribution < -0.4 is 10.1 Å². The zero-order valence-electron chi connectivity index (χ0n) is 12.4. The Bertz CT molecular complexity index is 691. The summed E-state index contributed by atoms with van der Waals surface area (Å²) in [6, 6.07) is 1.05. The van der Waals surface area contributed by atoms with Crippen LogP contribution in [-0.2, 0) is 9.84 Å². The first kappa shape index (κ1) is 16.7. The highest BCUT2D eigenvalue weighted by Crippen LogP contribution is 2.46. The SMILES string of the molecule is COc1cc(F)c(C(=O)N[C@@H](C)C2(S(C)(=O)=O)CC2)c(F)c1. The van der Waals surface area contributed by atoms with Crippen LogP contribution in [0.4, 0.5) is 8.78 Å². The maximum atomic E-state index is 13.8. The van der Waals surface area contributed by atoms with Gasteiger partial charge in [0.15, 0.2) is 9.84 Å². The molecule has 0 unspecified atom stereocenters. The second kappa shape index (κ2) is 5.49. The van der Waals surface area contributed by atoms with Crippen LogP contribution in [0.25, 0.3) is 0 Å². The molecule has 2 rings (SSSR count). The molecule has 1 fully saturated rings. The summed E-state index contributed by atoms with van der Waals surface area (Å²) >= 11 is 0. The Balaban J connectivity index is 2.24. The summed E-state index contributed by atoms with van der Waals surface area (Å²) in [5.41, 5.74) is -0.753. The highest BCUT2D eigenvalue weighted by Gasteiger charge is 2.56. The van der Waals surface area contributed by atoms with E-state index in [4.69, 9.17) is 4.74 Å². The van der Waals surface area contributed by atoms with Gasteiger partial charge >= 0.3 is 0 Å². The minimum absolute atomic E-state index is 0.0469. The lowest BCUT2D eigenvalue weighted by Crippen LogP contribution is -2.46. The van der Waals surface area contributed by atoms with Crippen LogP contribution in [0.15, 0.2) is 12.1 Å². The van der Waals surface area contributed by atoms with E-state index in [0.717, 1.165) is 18.4 Å². The lowest BCUT2D eigenvalue weighted by Gasteiger charge is -2.23. The van der Waals surface area contributed by atoms with Crippen molar-refractivity contribution >= 4 is 15.7 Å². The number of hydrogen-bond donors (Lipinski definition) is 1. The van der Waals surface area contributed by atoms with Crippen LogP contribution >= 0.6 is 0 Å². The molecular formula is C14H17F2NO4S. The van der Waals surface area contributed by atoms with Gasteiger partial charge in [-0.15, -0.1) is 0 Å². The van der Waals surface area contributed by atoms with Crippen molar-refractivity contribution in [1.29, 1.82) is 0 Å². The molecule has 0 aliphatic heterocycles. The fourth-order valence-electron chi connectivity index (χ4n) is 2.53. The smallest absolute Gasteiger partial charge is 0.257 e. The molecule has 1 aliphatic carbocycles. The molecule has 122 valence electrons. The van der Waals surface area contributed by atoms with Gasteiger partial charge in [-0.05, 0) is 19.8 Å². The van der Waals surface area contributed by atoms with Gasteiger partial charge in [0.25, 0.3) is 5.91 Å². The molecule has 0 bridgehead atoms. The molecule has 1 aromatic carbocycles. The first-order valence-corrected chi connectivity index (χ1v) is 8.55. The molecule has 0 saturated heterocycles. The lowest BCUT2D eigenvalue weighted by molar-refractivity contribution is 0.0929. The maximum absolute atomic E-state index is 13.8. The molecule has 1 atom stereocenters. The molecule has 8 heteroatoms. The van der Waals surface area contributed by atoms with Gasteiger partial charge in [-0.1, -0.05) is 0 Å². The molecule has 0 radical (unpaired) electrons. The summed E-state index contributed by atoms with van der Waals surface area (Å²) < 4.78 is 54.9. The molecule has 1 saturated carbocycles. The van der Waals surface area contributed by atoms with Crippen molar-refractivity contribution in [3.63, 3.8) is 0 Å². The van der Waals surface area contributed by atoms with Gasteiger partial charge in [0.1, 0.15) is 22.9 Å². The van der Waals surface area contributed by atoms with Crippen molar-refractivity contribution in [2.75, 3.05) is 13.4 Å². The summed E-state index contributed by atoms with van der Waals surface area (Å²) in [4.78, 5) is 12.1. The van der Waals surface area contributed by atoms with Crippen molar-refractivity contribution in [3.8, 4) is 5.75 Å². The number of sulfone groups is 1. The van der Waals surface area contributed by atoms with E-state index in [1.54, 1.807) is 0 Å². The summed E-state index contributed by atoms with van der Waals surface area (Å²) in [5, 5.41) is 2.39. The van der Waals surface area contributed by atoms with Crippen LogP contribution in [0.5, 0.6) is 5.75 Å². The molecule has 22 heavy (non-hydrogen) atoms. The predicted molar refractivity (Wildman–Crippen MR) is 76.6 cm³/mol. The van der Waals surface area contributed by atoms with Crippen LogP contribution in [-0.4, -0.2) is 38.5 Å². The molecule has 5 nitrogen and oxygen atoms in total. The average Bonchev–Trinajstić information content (AvgIpc) is 3.18. The number of methoxy groups -OCH3 is 1. The van der Waals surface area contributed by atoms with Gasteiger partial charge in [0, 0.05) is 24.4 Å². The molecule has 0 heterocycles. The van der Waals surface area contributed by atoms with E-state index in [2.05, 4.69) is 5.32 Å². The molecule has 1 N–H and O–H groups in total. The van der Waals surface area contributed by atoms with E-state index in [0.29, 0.717) is 12.8 Å². The average molecular weight is 333 g/mol. The first-order chi connectivity index (χ1) is 10.1. The van der Waals surface area contributed by atoms with E-state index in [9.17, 15) is 22.0 Å². The fourth-order valence-corrected chi connectivity index (χ4v) is 4.08. The first-order valence-electron chi connectivity index (χ1n) is 6.66. The summed E-state index contributed by atoms with van der Waals surface area (Å²) in [5.74, 6) is -3.16. The normalized spacial score (nSPS) is 17.7. The zero-order chi connectivity index (χ0) is 16.7. The summed E-state index contributed by atoms with van der Waals surface area (Å²) in [6.45, 7) is 1.52. The second-order valence-corrected chi connectivity index (χ2v) is 7.86. The molecular weight excluding hydrogens is 316 g/mol. The largest absolute Gasteiger partial charge is 0.497 e. The van der Waals surface area contributed by atoms with Gasteiger partial charge in [0.05, 0.1) is 11.9 Å². The number of halogens is 2. The number of carbonyl (C=O) groups is 1. The Kier molecular flexibility index (Phi) is 4.16. The molecule has 0 aromatic heterocycles. The molecule has 0 spiro atoms. The topological polar surface area (TPSA) is 72.5 Å². The Morgan fingerprint density at radius 2 is 1.82 bits per heavy atom. The van der Waals surface area contributed by atoms with Gasteiger partial charge in [-0.2, -0.15) is 0 Å². The third-order valence-corrected chi connectivity index (χ3v) is 6.34. The quantitative estimate of drug-likeness (QED) is 0.890. The number of ether oxygens (including phenoxy) is 1. The lowest BCUT2D eigenvalue weighted by atomic mass is 10.1. The van der Waals surface area contributed by atoms with E-state index in [1.165, 1.54) is 14.0 Å². The number of amides is 1. The van der Waals surface area contributed by atoms with Crippen LogP contribution in [0.3, 0.4) is 0 Å². The summed E-state index contributed by atoms with van der Waals surface area (Å²) in [6.07, 6.45) is 1.93. The number of benzene rings is 1. The fraction of sp³-hybridized carbons (Fsp3) is 0.500. The van der Waals surface area contributed by atoms with Gasteiger partial charge in [-0.25, -0.2) is 17.2 Å². The minimum atomic E-state index is -3.37. The molecule has 1 aromatic rings. The number of carbonyl (C=O) groups excluding carboxylic acids is 1. The number of rotatable bonds is 5. The maximum Gasteiger partial charge on any atom is 0.257 e. The highest BCUT2D eigenvalue weighted by molar-refractivity contribution is 7.92. The highest BCUT2D eigenvalue weighted by atomic mass is 32.2. The van der Waals surface area contributed by atoms with E-state index < -0.39 is 43.7 Å². The van der Waals surface area contributed by atoms with E-state index >= 15 is 0 Å². The third kappa shape index (κ3) is 2.79. The Morgan fingerprint density at radius 1 is 1.32 bits per heavy atom. The number of nitrogens with one attached hydrogen (secondary N) is 1. The van der Waals surface area contributed by atoms with Crippen molar-refractivity contribution in [1.82, 2.24) is 5.32 Å². The van der Waals surface area contributed by atoms with Gasteiger partial charge < -0.3 is 10.1 Å². The van der Waals surface area contributed by atoms with Crippen LogP contribution in [0, 0.1) is 11.6 Å². The monoisotopic (exact) mass is 333 g/mol. The standard InChI is InChI=1S/C14H17F2NO4S/c1-8(14(4-5-14)22(3,19)20)17-13(18)12-10(15)6-9(21-2)7-11(12)16/h6-8H,4-5H2,1-3H3,(H,17,18)/t8-/m0/s1. The zero-order valence-corrected chi connectivity index (χ0v) is 13.3. The van der Waals surface area contributed by atoms with Crippen LogP contribution in [0.1, 0.15) is 30.1 Å². The van der Waals surface area contributed by atoms with E-state index in [1.807, 2.05) is 0 Å². The summed E-state index contributed by atoms with van der Waals surface area (Å²) in [7, 11) is -2.12. The Hall–Kier alpha value is -1.70. The predicted octanol–water partition coefficient (Wildman–Crippen LogP) is 1.67. The van der Waals surface area contributed by atoms with Crippen LogP contribution in [0.2, 0.25) is 0 Å². The number of hydrogen-bond acceptors (Lipinski definition) is 4. The van der Waals surface area contributed by atoms with Crippen molar-refractivity contribution in [3.05, 3.63) is 29.3 Å². The van der Waals surface area contributed by atoms with Crippen molar-refractivity contribution in [2.24, 2.45) is 0 Å². The Labute approximate surface area is 127 Å². The Morgan fingerprint density at radius 3 is 2.18 bits per heavy atom. The molecule has 1 aliphatic rings. The van der Waals surface area contributed by atoms with Gasteiger partial charge in [-0.3, -0.25) is 4.79 Å². The van der Waals surface area contributed by atoms with Gasteiger partial charge in [0.2, 0.25) is 0 Å². The van der Waals surface area contributed by atoms with Crippen molar-refractivity contribution < 1.29 is 26.7 Å². The second-order valence-electron chi connectivity index (χ2n) is 5.50. The van der Waals surface area contributed by atoms with Crippen molar-refractivity contribution in [2.45, 2.75) is 30.6 Å². The van der Waals surface area contributed by atoms with E-state index in [-0.39, 0.29) is 5.75 Å². The minimum Gasteiger partial charge on any atom is -0.497 e.